The van der Waals surface area contributed by atoms with Crippen molar-refractivity contribution in [1.29, 1.82) is 0 Å². The van der Waals surface area contributed by atoms with Gasteiger partial charge in [0.05, 0.1) is 5.02 Å². The molecule has 0 bridgehead atoms. The molecule has 0 aliphatic carbocycles. The Kier molecular flexibility index (Phi) is 4.13. The van der Waals surface area contributed by atoms with E-state index in [4.69, 9.17) is 17.3 Å². The molecule has 7 heteroatoms. The quantitative estimate of drug-likeness (QED) is 0.878. The Labute approximate surface area is 128 Å². The molecule has 1 aromatic heterocycles. The number of amides is 1. The SMILES string of the molecule is CC(Nc1ccc(Cl)c(Br)c1)(C(N)=O)c1nccs1. The van der Waals surface area contributed by atoms with Gasteiger partial charge in [-0.15, -0.1) is 11.3 Å². The largest absolute Gasteiger partial charge is 0.367 e. The number of halogens is 2. The summed E-state index contributed by atoms with van der Waals surface area (Å²) in [5, 5.41) is 6.13. The molecule has 4 nitrogen and oxygen atoms in total. The Balaban J connectivity index is 2.37. The van der Waals surface area contributed by atoms with E-state index < -0.39 is 11.4 Å². The summed E-state index contributed by atoms with van der Waals surface area (Å²) in [6.07, 6.45) is 1.64. The lowest BCUT2D eigenvalue weighted by Gasteiger charge is -2.26. The van der Waals surface area contributed by atoms with E-state index >= 15 is 0 Å². The second kappa shape index (κ2) is 5.48. The van der Waals surface area contributed by atoms with Gasteiger partial charge in [-0.2, -0.15) is 0 Å². The zero-order valence-electron chi connectivity index (χ0n) is 9.98. The highest BCUT2D eigenvalue weighted by molar-refractivity contribution is 9.10. The van der Waals surface area contributed by atoms with Crippen LogP contribution in [0.5, 0.6) is 0 Å². The van der Waals surface area contributed by atoms with Gasteiger partial charge in [-0.25, -0.2) is 4.98 Å². The van der Waals surface area contributed by atoms with Crippen molar-refractivity contribution in [2.24, 2.45) is 5.73 Å². The molecular weight excluding hydrogens is 350 g/mol. The average Bonchev–Trinajstić information content (AvgIpc) is 2.87. The molecule has 1 atom stereocenters. The summed E-state index contributed by atoms with van der Waals surface area (Å²) in [4.78, 5) is 15.9. The molecule has 1 unspecified atom stereocenters. The Morgan fingerprint density at radius 3 is 2.84 bits per heavy atom. The molecule has 19 heavy (non-hydrogen) atoms. The third-order valence-corrected chi connectivity index (χ3v) is 4.88. The van der Waals surface area contributed by atoms with Gasteiger partial charge in [-0.1, -0.05) is 11.6 Å². The number of nitrogens with zero attached hydrogens (tertiary/aromatic N) is 1. The van der Waals surface area contributed by atoms with Crippen LogP contribution < -0.4 is 11.1 Å². The number of rotatable bonds is 4. The monoisotopic (exact) mass is 359 g/mol. The Bertz CT molecular complexity index is 605. The number of anilines is 1. The molecule has 3 N–H and O–H groups in total. The summed E-state index contributed by atoms with van der Waals surface area (Å²) in [6, 6.07) is 5.30. The summed E-state index contributed by atoms with van der Waals surface area (Å²) in [5.74, 6) is -0.492. The van der Waals surface area contributed by atoms with Gasteiger partial charge in [0.1, 0.15) is 5.01 Å². The van der Waals surface area contributed by atoms with E-state index in [9.17, 15) is 4.79 Å². The fourth-order valence-corrected chi connectivity index (χ4v) is 2.81. The molecule has 1 amide bonds. The van der Waals surface area contributed by atoms with E-state index in [0.29, 0.717) is 10.0 Å². The van der Waals surface area contributed by atoms with Crippen molar-refractivity contribution in [2.75, 3.05) is 5.32 Å². The van der Waals surface area contributed by atoms with Crippen LogP contribution in [-0.4, -0.2) is 10.9 Å². The highest BCUT2D eigenvalue weighted by atomic mass is 79.9. The first-order valence-electron chi connectivity index (χ1n) is 5.36. The van der Waals surface area contributed by atoms with Crippen LogP contribution in [0.3, 0.4) is 0 Å². The average molecular weight is 361 g/mol. The molecule has 0 fully saturated rings. The highest BCUT2D eigenvalue weighted by Crippen LogP contribution is 2.31. The second-order valence-corrected chi connectivity index (χ2v) is 6.24. The molecule has 0 radical (unpaired) electrons. The van der Waals surface area contributed by atoms with Crippen molar-refractivity contribution in [3.05, 3.63) is 44.3 Å². The van der Waals surface area contributed by atoms with Crippen molar-refractivity contribution in [1.82, 2.24) is 4.98 Å². The number of benzene rings is 1. The number of nitrogens with one attached hydrogen (secondary N) is 1. The fraction of sp³-hybridized carbons (Fsp3) is 0.167. The molecule has 1 aromatic carbocycles. The number of aromatic nitrogens is 1. The standard InChI is InChI=1S/C12H11BrClN3OS/c1-12(10(15)18,11-16-4-5-19-11)17-7-2-3-9(14)8(13)6-7/h2-6,17H,1H3,(H2,15,18). The number of thiazole rings is 1. The smallest absolute Gasteiger partial charge is 0.249 e. The minimum absolute atomic E-state index is 0.492. The topological polar surface area (TPSA) is 68.0 Å². The van der Waals surface area contributed by atoms with Crippen LogP contribution in [-0.2, 0) is 10.3 Å². The van der Waals surface area contributed by atoms with Crippen molar-refractivity contribution < 1.29 is 4.79 Å². The van der Waals surface area contributed by atoms with Crippen molar-refractivity contribution in [2.45, 2.75) is 12.5 Å². The van der Waals surface area contributed by atoms with E-state index in [1.165, 1.54) is 11.3 Å². The lowest BCUT2D eigenvalue weighted by molar-refractivity contribution is -0.122. The first kappa shape index (κ1) is 14.3. The number of carbonyl (C=O) groups is 1. The number of nitrogens with two attached hydrogens (primary N) is 1. The summed E-state index contributed by atoms with van der Waals surface area (Å²) in [5.41, 5.74) is 5.18. The van der Waals surface area contributed by atoms with Crippen LogP contribution in [0.15, 0.2) is 34.2 Å². The maximum Gasteiger partial charge on any atom is 0.249 e. The minimum Gasteiger partial charge on any atom is -0.367 e. The fourth-order valence-electron chi connectivity index (χ4n) is 1.55. The van der Waals surface area contributed by atoms with E-state index in [0.717, 1.165) is 10.2 Å². The zero-order valence-corrected chi connectivity index (χ0v) is 13.1. The summed E-state index contributed by atoms with van der Waals surface area (Å²) < 4.78 is 0.741. The Morgan fingerprint density at radius 1 is 1.58 bits per heavy atom. The number of hydrogen-bond acceptors (Lipinski definition) is 4. The molecule has 0 spiro atoms. The van der Waals surface area contributed by atoms with Crippen molar-refractivity contribution >= 4 is 50.5 Å². The summed E-state index contributed by atoms with van der Waals surface area (Å²) >= 11 is 10.6. The second-order valence-electron chi connectivity index (χ2n) is 4.08. The normalized spacial score (nSPS) is 13.8. The van der Waals surface area contributed by atoms with Gasteiger partial charge < -0.3 is 11.1 Å². The third-order valence-electron chi connectivity index (χ3n) is 2.67. The van der Waals surface area contributed by atoms with Gasteiger partial charge in [-0.3, -0.25) is 4.79 Å². The van der Waals surface area contributed by atoms with E-state index in [1.54, 1.807) is 36.7 Å². The molecule has 0 aliphatic rings. The molecule has 0 saturated heterocycles. The maximum absolute atomic E-state index is 11.8. The first-order chi connectivity index (χ1) is 8.93. The van der Waals surface area contributed by atoms with Crippen LogP contribution in [0.1, 0.15) is 11.9 Å². The number of carbonyl (C=O) groups excluding carboxylic acids is 1. The Hall–Kier alpha value is -1.11. The minimum atomic E-state index is -1.05. The lowest BCUT2D eigenvalue weighted by atomic mass is 10.0. The van der Waals surface area contributed by atoms with Gasteiger partial charge in [0.15, 0.2) is 5.54 Å². The van der Waals surface area contributed by atoms with Crippen LogP contribution in [0.4, 0.5) is 5.69 Å². The van der Waals surface area contributed by atoms with E-state index in [1.807, 2.05) is 0 Å². The molecule has 2 rings (SSSR count). The lowest BCUT2D eigenvalue weighted by Crippen LogP contribution is -2.45. The molecule has 0 saturated carbocycles. The van der Waals surface area contributed by atoms with E-state index in [2.05, 4.69) is 26.2 Å². The predicted molar refractivity (Wildman–Crippen MR) is 81.4 cm³/mol. The molecule has 1 heterocycles. The highest BCUT2D eigenvalue weighted by Gasteiger charge is 2.35. The van der Waals surface area contributed by atoms with E-state index in [-0.39, 0.29) is 0 Å². The van der Waals surface area contributed by atoms with Gasteiger partial charge >= 0.3 is 0 Å². The maximum atomic E-state index is 11.8. The van der Waals surface area contributed by atoms with Gasteiger partial charge in [0, 0.05) is 21.7 Å². The van der Waals surface area contributed by atoms with Crippen LogP contribution in [0, 0.1) is 0 Å². The number of hydrogen-bond donors (Lipinski definition) is 2. The number of primary amides is 1. The third kappa shape index (κ3) is 2.91. The molecule has 2 aromatic rings. The first-order valence-corrected chi connectivity index (χ1v) is 7.41. The summed E-state index contributed by atoms with van der Waals surface area (Å²) in [7, 11) is 0. The predicted octanol–water partition coefficient (Wildman–Crippen LogP) is 3.37. The van der Waals surface area contributed by atoms with Crippen molar-refractivity contribution in [3.63, 3.8) is 0 Å². The molecule has 100 valence electrons. The van der Waals surface area contributed by atoms with Gasteiger partial charge in [0.25, 0.3) is 0 Å². The van der Waals surface area contributed by atoms with Crippen LogP contribution >= 0.6 is 38.9 Å². The molecular formula is C12H11BrClN3OS. The Morgan fingerprint density at radius 2 is 2.32 bits per heavy atom. The van der Waals surface area contributed by atoms with Crippen molar-refractivity contribution in [3.8, 4) is 0 Å². The molecule has 0 aliphatic heterocycles. The summed E-state index contributed by atoms with van der Waals surface area (Å²) in [6.45, 7) is 1.71. The zero-order chi connectivity index (χ0) is 14.0. The van der Waals surface area contributed by atoms with Crippen LogP contribution in [0.2, 0.25) is 5.02 Å². The van der Waals surface area contributed by atoms with Crippen LogP contribution in [0.25, 0.3) is 0 Å². The van der Waals surface area contributed by atoms with Gasteiger partial charge in [0.2, 0.25) is 5.91 Å². The van der Waals surface area contributed by atoms with Gasteiger partial charge in [-0.05, 0) is 41.1 Å².